The van der Waals surface area contributed by atoms with E-state index in [4.69, 9.17) is 4.74 Å². The highest BCUT2D eigenvalue weighted by atomic mass is 32.2. The molecule has 6 nitrogen and oxygen atoms in total. The molecule has 0 bridgehead atoms. The van der Waals surface area contributed by atoms with Crippen molar-refractivity contribution >= 4 is 23.4 Å². The third-order valence-corrected chi connectivity index (χ3v) is 5.55. The second-order valence-corrected chi connectivity index (χ2v) is 8.01. The van der Waals surface area contributed by atoms with Gasteiger partial charge in [0.1, 0.15) is 17.4 Å². The van der Waals surface area contributed by atoms with Crippen molar-refractivity contribution in [2.24, 2.45) is 0 Å². The second-order valence-electron chi connectivity index (χ2n) is 7.07. The number of ether oxygens (including phenoxy) is 1. The molecule has 3 aromatic carbocycles. The minimum absolute atomic E-state index is 0.0789. The van der Waals surface area contributed by atoms with Crippen LogP contribution in [0, 0.1) is 11.6 Å². The Morgan fingerprint density at radius 2 is 1.61 bits per heavy atom. The Morgan fingerprint density at radius 1 is 0.970 bits per heavy atom. The largest absolute Gasteiger partial charge is 0.483 e. The zero-order valence-corrected chi connectivity index (χ0v) is 18.4. The van der Waals surface area contributed by atoms with Gasteiger partial charge in [0.05, 0.1) is 5.75 Å². The standard InChI is InChI=1S/C24H20F2N4O2S/c1-16(32-21-13-9-18(26)10-14-21)23-28-29-24(30(23)20-5-3-2-4-6-20)33-15-22(31)27-19-11-7-17(25)8-12-19/h2-14,16H,15H2,1H3,(H,27,31). The summed E-state index contributed by atoms with van der Waals surface area (Å²) in [7, 11) is 0. The minimum Gasteiger partial charge on any atom is -0.483 e. The summed E-state index contributed by atoms with van der Waals surface area (Å²) in [6.07, 6.45) is -0.495. The number of halogens is 2. The number of anilines is 1. The Hall–Kier alpha value is -3.72. The first-order chi connectivity index (χ1) is 16.0. The molecule has 1 amide bonds. The van der Waals surface area contributed by atoms with Crippen molar-refractivity contribution in [2.75, 3.05) is 11.1 Å². The van der Waals surface area contributed by atoms with Gasteiger partial charge >= 0.3 is 0 Å². The average Bonchev–Trinajstić information content (AvgIpc) is 3.25. The highest BCUT2D eigenvalue weighted by molar-refractivity contribution is 7.99. The van der Waals surface area contributed by atoms with Gasteiger partial charge in [-0.15, -0.1) is 10.2 Å². The maximum absolute atomic E-state index is 13.2. The number of carbonyl (C=O) groups excluding carboxylic acids is 1. The molecular formula is C24H20F2N4O2S. The molecule has 1 unspecified atom stereocenters. The average molecular weight is 467 g/mol. The molecule has 168 valence electrons. The number of carbonyl (C=O) groups is 1. The molecule has 9 heteroatoms. The van der Waals surface area contributed by atoms with Gasteiger partial charge in [-0.2, -0.15) is 0 Å². The van der Waals surface area contributed by atoms with Gasteiger partial charge in [0, 0.05) is 11.4 Å². The molecule has 0 saturated heterocycles. The predicted octanol–water partition coefficient (Wildman–Crippen LogP) is 5.42. The highest BCUT2D eigenvalue weighted by Gasteiger charge is 2.21. The fourth-order valence-corrected chi connectivity index (χ4v) is 3.85. The first-order valence-corrected chi connectivity index (χ1v) is 11.1. The van der Waals surface area contributed by atoms with Crippen LogP contribution < -0.4 is 10.1 Å². The van der Waals surface area contributed by atoms with Crippen LogP contribution in [0.25, 0.3) is 5.69 Å². The van der Waals surface area contributed by atoms with Crippen LogP contribution in [-0.2, 0) is 4.79 Å². The van der Waals surface area contributed by atoms with Crippen LogP contribution >= 0.6 is 11.8 Å². The number of nitrogens with one attached hydrogen (secondary N) is 1. The Labute approximate surface area is 193 Å². The number of amides is 1. The van der Waals surface area contributed by atoms with Crippen molar-refractivity contribution in [1.82, 2.24) is 14.8 Å². The van der Waals surface area contributed by atoms with Gasteiger partial charge in [-0.1, -0.05) is 30.0 Å². The second kappa shape index (κ2) is 10.3. The molecule has 33 heavy (non-hydrogen) atoms. The van der Waals surface area contributed by atoms with Crippen molar-refractivity contribution in [2.45, 2.75) is 18.2 Å². The lowest BCUT2D eigenvalue weighted by Gasteiger charge is -2.16. The molecule has 0 aliphatic rings. The first-order valence-electron chi connectivity index (χ1n) is 10.1. The van der Waals surface area contributed by atoms with E-state index in [1.165, 1.54) is 48.2 Å². The van der Waals surface area contributed by atoms with Crippen molar-refractivity contribution < 1.29 is 18.3 Å². The van der Waals surface area contributed by atoms with Crippen molar-refractivity contribution in [3.05, 3.63) is 96.3 Å². The number of thioether (sulfide) groups is 1. The number of rotatable bonds is 8. The fourth-order valence-electron chi connectivity index (χ4n) is 3.09. The lowest BCUT2D eigenvalue weighted by molar-refractivity contribution is -0.113. The van der Waals surface area contributed by atoms with Crippen LogP contribution in [0.2, 0.25) is 0 Å². The van der Waals surface area contributed by atoms with E-state index >= 15 is 0 Å². The van der Waals surface area contributed by atoms with Crippen molar-refractivity contribution in [3.63, 3.8) is 0 Å². The number of benzene rings is 3. The summed E-state index contributed by atoms with van der Waals surface area (Å²) in [5.74, 6) is 0.135. The summed E-state index contributed by atoms with van der Waals surface area (Å²) in [5, 5.41) is 11.8. The molecular weight excluding hydrogens is 446 g/mol. The van der Waals surface area contributed by atoms with Crippen LogP contribution in [0.5, 0.6) is 5.75 Å². The molecule has 1 atom stereocenters. The number of aromatic nitrogens is 3. The Bertz CT molecular complexity index is 1220. The van der Waals surface area contributed by atoms with Crippen LogP contribution in [-0.4, -0.2) is 26.4 Å². The van der Waals surface area contributed by atoms with E-state index in [0.717, 1.165) is 5.69 Å². The van der Waals surface area contributed by atoms with E-state index in [1.807, 2.05) is 41.8 Å². The first kappa shape index (κ1) is 22.5. The summed E-state index contributed by atoms with van der Waals surface area (Å²) >= 11 is 1.22. The smallest absolute Gasteiger partial charge is 0.234 e. The van der Waals surface area contributed by atoms with Crippen LogP contribution in [0.3, 0.4) is 0 Å². The lowest BCUT2D eigenvalue weighted by Crippen LogP contribution is -2.15. The molecule has 0 spiro atoms. The maximum atomic E-state index is 13.2. The van der Waals surface area contributed by atoms with Crippen molar-refractivity contribution in [3.8, 4) is 11.4 Å². The van der Waals surface area contributed by atoms with E-state index in [1.54, 1.807) is 12.1 Å². The molecule has 0 aliphatic heterocycles. The summed E-state index contributed by atoms with van der Waals surface area (Å²) in [5.41, 5.74) is 1.32. The van der Waals surface area contributed by atoms with Crippen LogP contribution in [0.1, 0.15) is 18.9 Å². The highest BCUT2D eigenvalue weighted by Crippen LogP contribution is 2.28. The lowest BCUT2D eigenvalue weighted by atomic mass is 10.3. The minimum atomic E-state index is -0.495. The van der Waals surface area contributed by atoms with Gasteiger partial charge < -0.3 is 10.1 Å². The molecule has 4 aromatic rings. The number of para-hydroxylation sites is 1. The van der Waals surface area contributed by atoms with Gasteiger partial charge in [0.2, 0.25) is 5.91 Å². The van der Waals surface area contributed by atoms with Gasteiger partial charge in [-0.3, -0.25) is 9.36 Å². The number of hydrogen-bond acceptors (Lipinski definition) is 5. The third-order valence-electron chi connectivity index (χ3n) is 4.62. The number of hydrogen-bond donors (Lipinski definition) is 1. The zero-order chi connectivity index (χ0) is 23.2. The van der Waals surface area contributed by atoms with E-state index in [2.05, 4.69) is 15.5 Å². The van der Waals surface area contributed by atoms with Crippen molar-refractivity contribution in [1.29, 1.82) is 0 Å². The van der Waals surface area contributed by atoms with Crippen LogP contribution in [0.4, 0.5) is 14.5 Å². The Morgan fingerprint density at radius 3 is 2.27 bits per heavy atom. The molecule has 0 fully saturated rings. The van der Waals surface area contributed by atoms with Gasteiger partial charge in [0.15, 0.2) is 17.1 Å². The Balaban J connectivity index is 1.52. The topological polar surface area (TPSA) is 69.0 Å². The Kier molecular flexibility index (Phi) is 6.99. The SMILES string of the molecule is CC(Oc1ccc(F)cc1)c1nnc(SCC(=O)Nc2ccc(F)cc2)n1-c1ccccc1. The molecule has 1 N–H and O–H groups in total. The summed E-state index contributed by atoms with van der Waals surface area (Å²) in [4.78, 5) is 12.4. The number of nitrogens with zero attached hydrogens (tertiary/aromatic N) is 3. The monoisotopic (exact) mass is 466 g/mol. The molecule has 0 aliphatic carbocycles. The van der Waals surface area contributed by atoms with E-state index in [9.17, 15) is 13.6 Å². The third kappa shape index (κ3) is 5.75. The zero-order valence-electron chi connectivity index (χ0n) is 17.6. The fraction of sp³-hybridized carbons (Fsp3) is 0.125. The maximum Gasteiger partial charge on any atom is 0.234 e. The summed E-state index contributed by atoms with van der Waals surface area (Å²) < 4.78 is 34.0. The molecule has 0 saturated carbocycles. The van der Waals surface area contributed by atoms with Gasteiger partial charge in [-0.25, -0.2) is 8.78 Å². The normalized spacial score (nSPS) is 11.7. The van der Waals surface area contributed by atoms with Gasteiger partial charge in [0.25, 0.3) is 0 Å². The molecule has 0 radical (unpaired) electrons. The molecule has 1 heterocycles. The summed E-state index contributed by atoms with van der Waals surface area (Å²) in [6.45, 7) is 1.82. The van der Waals surface area contributed by atoms with Gasteiger partial charge in [-0.05, 0) is 67.6 Å². The molecule has 4 rings (SSSR count). The van der Waals surface area contributed by atoms with E-state index in [0.29, 0.717) is 22.4 Å². The summed E-state index contributed by atoms with van der Waals surface area (Å²) in [6, 6.07) is 20.8. The van der Waals surface area contributed by atoms with E-state index in [-0.39, 0.29) is 23.3 Å². The molecule has 1 aromatic heterocycles. The predicted molar refractivity (Wildman–Crippen MR) is 123 cm³/mol. The quantitative estimate of drug-likeness (QED) is 0.352. The van der Waals surface area contributed by atoms with Crippen LogP contribution in [0.15, 0.2) is 84.0 Å². The van der Waals surface area contributed by atoms with E-state index < -0.39 is 6.10 Å².